The van der Waals surface area contributed by atoms with Crippen LogP contribution < -0.4 is 11.1 Å². The smallest absolute Gasteiger partial charge is 0.323 e. The number of unbranched alkanes of at least 4 members (excludes halogenated alkanes) is 1. The van der Waals surface area contributed by atoms with Gasteiger partial charge in [-0.1, -0.05) is 49.4 Å². The monoisotopic (exact) mass is 362 g/mol. The van der Waals surface area contributed by atoms with Gasteiger partial charge >= 0.3 is 11.9 Å². The van der Waals surface area contributed by atoms with Gasteiger partial charge in [-0.15, -0.1) is 0 Å². The minimum absolute atomic E-state index is 0.0124. The molecule has 2 atom stereocenters. The molecule has 0 unspecified atom stereocenters. The molecule has 0 saturated carbocycles. The van der Waals surface area contributed by atoms with Gasteiger partial charge in [0.05, 0.1) is 0 Å². The van der Waals surface area contributed by atoms with Crippen molar-refractivity contribution in [2.45, 2.75) is 37.8 Å². The Morgan fingerprint density at radius 2 is 1.88 bits per heavy atom. The largest absolute Gasteiger partial charge is 0.480 e. The molecule has 0 radical (unpaired) electrons. The lowest BCUT2D eigenvalue weighted by Gasteiger charge is -2.21. The standard InChI is InChI=1S/C19H26N2O5/c1-2-12-26-19(25)16(13-17(22)14-8-4-3-5-9-14)21-15(18(23)24)10-6-7-11-20/h2-5,8-9,15-16,21H,1,6-7,10-13,20H2,(H,23,24)/t15-,16-/m0/s1. The number of carbonyl (C=O) groups is 3. The van der Waals surface area contributed by atoms with Gasteiger partial charge in [-0.2, -0.15) is 0 Å². The summed E-state index contributed by atoms with van der Waals surface area (Å²) in [5.41, 5.74) is 5.88. The molecule has 1 aromatic carbocycles. The van der Waals surface area contributed by atoms with E-state index in [-0.39, 0.29) is 18.8 Å². The van der Waals surface area contributed by atoms with E-state index in [1.54, 1.807) is 30.3 Å². The number of rotatable bonds is 13. The summed E-state index contributed by atoms with van der Waals surface area (Å²) in [5, 5.41) is 12.1. The van der Waals surface area contributed by atoms with Crippen molar-refractivity contribution in [1.82, 2.24) is 5.32 Å². The minimum atomic E-state index is -1.09. The maximum atomic E-state index is 12.4. The summed E-state index contributed by atoms with van der Waals surface area (Å²) in [6, 6.07) is 6.49. The van der Waals surface area contributed by atoms with E-state index in [0.29, 0.717) is 31.4 Å². The van der Waals surface area contributed by atoms with Crippen molar-refractivity contribution in [3.05, 3.63) is 48.6 Å². The Balaban J connectivity index is 2.85. The number of carboxylic acid groups (broad SMARTS) is 1. The summed E-state index contributed by atoms with van der Waals surface area (Å²) in [5.74, 6) is -2.04. The summed E-state index contributed by atoms with van der Waals surface area (Å²) in [7, 11) is 0. The summed E-state index contributed by atoms with van der Waals surface area (Å²) >= 11 is 0. The number of hydrogen-bond acceptors (Lipinski definition) is 6. The predicted molar refractivity (Wildman–Crippen MR) is 97.8 cm³/mol. The van der Waals surface area contributed by atoms with Gasteiger partial charge in [0.15, 0.2) is 5.78 Å². The molecule has 1 rings (SSSR count). The lowest BCUT2D eigenvalue weighted by molar-refractivity contribution is -0.146. The topological polar surface area (TPSA) is 119 Å². The number of ketones is 1. The van der Waals surface area contributed by atoms with Crippen LogP contribution in [-0.2, 0) is 14.3 Å². The molecule has 4 N–H and O–H groups in total. The molecule has 0 spiro atoms. The predicted octanol–water partition coefficient (Wildman–Crippen LogP) is 1.53. The van der Waals surface area contributed by atoms with Crippen LogP contribution in [0.25, 0.3) is 0 Å². The third kappa shape index (κ3) is 7.58. The third-order valence-electron chi connectivity index (χ3n) is 3.76. The first-order valence-electron chi connectivity index (χ1n) is 8.54. The Labute approximate surface area is 153 Å². The quantitative estimate of drug-likeness (QED) is 0.211. The first-order valence-corrected chi connectivity index (χ1v) is 8.54. The van der Waals surface area contributed by atoms with Crippen molar-refractivity contribution in [2.24, 2.45) is 5.73 Å². The van der Waals surface area contributed by atoms with E-state index in [2.05, 4.69) is 11.9 Å². The van der Waals surface area contributed by atoms with Gasteiger partial charge in [0.25, 0.3) is 0 Å². The van der Waals surface area contributed by atoms with Gasteiger partial charge in [-0.3, -0.25) is 19.7 Å². The molecular formula is C19H26N2O5. The second-order valence-corrected chi connectivity index (χ2v) is 5.81. The van der Waals surface area contributed by atoms with Gasteiger partial charge in [0.2, 0.25) is 0 Å². The fraction of sp³-hybridized carbons (Fsp3) is 0.421. The van der Waals surface area contributed by atoms with Crippen molar-refractivity contribution in [1.29, 1.82) is 0 Å². The van der Waals surface area contributed by atoms with Crippen LogP contribution in [-0.4, -0.2) is 48.1 Å². The van der Waals surface area contributed by atoms with Gasteiger partial charge in [0.1, 0.15) is 18.7 Å². The van der Waals surface area contributed by atoms with Gasteiger partial charge in [-0.05, 0) is 19.4 Å². The fourth-order valence-electron chi connectivity index (χ4n) is 2.39. The summed E-state index contributed by atoms with van der Waals surface area (Å²) in [4.78, 5) is 36.1. The van der Waals surface area contributed by atoms with Crippen molar-refractivity contribution in [2.75, 3.05) is 13.2 Å². The maximum Gasteiger partial charge on any atom is 0.323 e. The van der Waals surface area contributed by atoms with E-state index >= 15 is 0 Å². The number of carboxylic acids is 1. The molecule has 0 amide bonds. The number of ether oxygens (including phenoxy) is 1. The number of nitrogens with two attached hydrogens (primary N) is 1. The molecule has 7 heteroatoms. The Bertz CT molecular complexity index is 603. The van der Waals surface area contributed by atoms with Gasteiger partial charge in [-0.25, -0.2) is 0 Å². The van der Waals surface area contributed by atoms with Crippen LogP contribution in [0.15, 0.2) is 43.0 Å². The second-order valence-electron chi connectivity index (χ2n) is 5.81. The number of carbonyl (C=O) groups excluding carboxylic acids is 2. The molecule has 26 heavy (non-hydrogen) atoms. The van der Waals surface area contributed by atoms with Gasteiger partial charge < -0.3 is 15.6 Å². The molecule has 0 bridgehead atoms. The second kappa shape index (κ2) is 11.9. The van der Waals surface area contributed by atoms with Crippen molar-refractivity contribution in [3.63, 3.8) is 0 Å². The highest BCUT2D eigenvalue weighted by Gasteiger charge is 2.29. The number of Topliss-reactive ketones (excluding diaryl/α,β-unsaturated/α-hetero) is 1. The number of nitrogens with one attached hydrogen (secondary N) is 1. The molecular weight excluding hydrogens is 336 g/mol. The highest BCUT2D eigenvalue weighted by molar-refractivity contribution is 5.99. The first-order chi connectivity index (χ1) is 12.5. The Morgan fingerprint density at radius 1 is 1.19 bits per heavy atom. The highest BCUT2D eigenvalue weighted by atomic mass is 16.5. The zero-order valence-electron chi connectivity index (χ0n) is 14.7. The average molecular weight is 362 g/mol. The van der Waals surface area contributed by atoms with Crippen LogP contribution >= 0.6 is 0 Å². The number of esters is 1. The molecule has 0 saturated heterocycles. The zero-order valence-corrected chi connectivity index (χ0v) is 14.7. The molecule has 7 nitrogen and oxygen atoms in total. The molecule has 0 heterocycles. The Kier molecular flexibility index (Phi) is 9.89. The van der Waals surface area contributed by atoms with E-state index in [1.807, 2.05) is 0 Å². The molecule has 0 fully saturated rings. The Hall–Kier alpha value is -2.51. The maximum absolute atomic E-state index is 12.4. The number of aliphatic carboxylic acids is 1. The van der Waals surface area contributed by atoms with Crippen LogP contribution in [0, 0.1) is 0 Å². The van der Waals surface area contributed by atoms with Crippen molar-refractivity contribution < 1.29 is 24.2 Å². The minimum Gasteiger partial charge on any atom is -0.480 e. The zero-order chi connectivity index (χ0) is 19.4. The van der Waals surface area contributed by atoms with E-state index in [1.165, 1.54) is 6.08 Å². The average Bonchev–Trinajstić information content (AvgIpc) is 2.64. The molecule has 0 aliphatic carbocycles. The van der Waals surface area contributed by atoms with Crippen molar-refractivity contribution in [3.8, 4) is 0 Å². The lowest BCUT2D eigenvalue weighted by atomic mass is 10.0. The van der Waals surface area contributed by atoms with E-state index < -0.39 is 24.0 Å². The summed E-state index contributed by atoms with van der Waals surface area (Å²) < 4.78 is 5.01. The SMILES string of the molecule is C=CCOC(=O)[C@H](CC(=O)c1ccccc1)N[C@@H](CCCCN)C(=O)O. The van der Waals surface area contributed by atoms with E-state index in [9.17, 15) is 19.5 Å². The van der Waals surface area contributed by atoms with E-state index in [4.69, 9.17) is 10.5 Å². The van der Waals surface area contributed by atoms with Crippen LogP contribution in [0.3, 0.4) is 0 Å². The Morgan fingerprint density at radius 3 is 2.46 bits per heavy atom. The van der Waals surface area contributed by atoms with Crippen LogP contribution in [0.5, 0.6) is 0 Å². The highest BCUT2D eigenvalue weighted by Crippen LogP contribution is 2.10. The van der Waals surface area contributed by atoms with Crippen LogP contribution in [0.1, 0.15) is 36.0 Å². The molecule has 0 aromatic heterocycles. The van der Waals surface area contributed by atoms with Crippen LogP contribution in [0.2, 0.25) is 0 Å². The summed E-state index contributed by atoms with van der Waals surface area (Å²) in [6.45, 7) is 3.92. The first kappa shape index (κ1) is 21.5. The molecule has 142 valence electrons. The van der Waals surface area contributed by atoms with Crippen molar-refractivity contribution >= 4 is 17.7 Å². The molecule has 0 aliphatic heterocycles. The number of hydrogen-bond donors (Lipinski definition) is 3. The molecule has 0 aliphatic rings. The normalized spacial score (nSPS) is 12.8. The third-order valence-corrected chi connectivity index (χ3v) is 3.76. The van der Waals surface area contributed by atoms with Gasteiger partial charge in [0, 0.05) is 12.0 Å². The number of benzene rings is 1. The molecule has 1 aromatic rings. The lowest BCUT2D eigenvalue weighted by Crippen LogP contribution is -2.48. The fourth-order valence-corrected chi connectivity index (χ4v) is 2.39. The van der Waals surface area contributed by atoms with E-state index in [0.717, 1.165) is 0 Å². The summed E-state index contributed by atoms with van der Waals surface area (Å²) in [6.07, 6.45) is 2.80. The van der Waals surface area contributed by atoms with Crippen LogP contribution in [0.4, 0.5) is 0 Å².